The fraction of sp³-hybridized carbons (Fsp3) is 0.393. The zero-order valence-electron chi connectivity index (χ0n) is 21.6. The molecule has 0 saturated heterocycles. The van der Waals surface area contributed by atoms with Crippen molar-refractivity contribution >= 4 is 11.5 Å². The maximum Gasteiger partial charge on any atom is 0.220 e. The second kappa shape index (κ2) is 12.6. The Morgan fingerprint density at radius 2 is 1.89 bits per heavy atom. The molecule has 0 amide bonds. The van der Waals surface area contributed by atoms with Gasteiger partial charge in [0.25, 0.3) is 0 Å². The van der Waals surface area contributed by atoms with Gasteiger partial charge in [-0.15, -0.1) is 0 Å². The summed E-state index contributed by atoms with van der Waals surface area (Å²) in [5.74, 6) is 0.616. The average Bonchev–Trinajstić information content (AvgIpc) is 2.86. The van der Waals surface area contributed by atoms with E-state index in [1.165, 1.54) is 17.2 Å². The molecule has 1 aliphatic rings. The molecule has 0 spiro atoms. The number of nitrogen functional groups attached to an aromatic ring is 1. The van der Waals surface area contributed by atoms with E-state index < -0.39 is 0 Å². The minimum atomic E-state index is -0.292. The number of nitrogens with two attached hydrogens (primary N) is 1. The lowest BCUT2D eigenvalue weighted by molar-refractivity contribution is 0.166. The normalized spacial score (nSPS) is 14.5. The van der Waals surface area contributed by atoms with Gasteiger partial charge in [0.15, 0.2) is 0 Å². The summed E-state index contributed by atoms with van der Waals surface area (Å²) in [4.78, 5) is 13.5. The molecule has 3 N–H and O–H groups in total. The van der Waals surface area contributed by atoms with Gasteiger partial charge in [-0.25, -0.2) is 19.3 Å². The van der Waals surface area contributed by atoms with Crippen molar-refractivity contribution in [3.05, 3.63) is 70.3 Å². The second-order valence-electron chi connectivity index (χ2n) is 8.94. The first-order valence-electron chi connectivity index (χ1n) is 12.0. The Bertz CT molecular complexity index is 1220. The number of aliphatic hydroxyl groups excluding tert-OH is 1. The van der Waals surface area contributed by atoms with Crippen LogP contribution in [0.3, 0.4) is 0 Å². The summed E-state index contributed by atoms with van der Waals surface area (Å²) in [6.07, 6.45) is 2.28. The Hall–Kier alpha value is -3.36. The predicted molar refractivity (Wildman–Crippen MR) is 140 cm³/mol. The molecule has 0 radical (unpaired) electrons. The van der Waals surface area contributed by atoms with E-state index >= 15 is 0 Å². The number of aromatic nitrogens is 3. The number of hydrogen-bond acceptors (Lipinski definition) is 7. The zero-order chi connectivity index (χ0) is 26.2. The SMILES string of the molecule is COCCCO.COc1cccc(-c2cc(F)ccc2C2CC(=C(C)C)c3c(C)nc(N)nc3C2)n1. The van der Waals surface area contributed by atoms with Crippen molar-refractivity contribution in [2.75, 3.05) is 33.2 Å². The third-order valence-electron chi connectivity index (χ3n) is 6.15. The lowest BCUT2D eigenvalue weighted by Gasteiger charge is -2.30. The first kappa shape index (κ1) is 27.2. The van der Waals surface area contributed by atoms with E-state index in [2.05, 4.69) is 33.5 Å². The van der Waals surface area contributed by atoms with E-state index in [1.54, 1.807) is 26.4 Å². The molecule has 1 atom stereocenters. The fourth-order valence-electron chi connectivity index (χ4n) is 4.52. The van der Waals surface area contributed by atoms with Gasteiger partial charge in [-0.1, -0.05) is 17.7 Å². The number of hydrogen-bond donors (Lipinski definition) is 2. The third kappa shape index (κ3) is 6.44. The Morgan fingerprint density at radius 1 is 1.11 bits per heavy atom. The van der Waals surface area contributed by atoms with Crippen LogP contribution in [-0.2, 0) is 11.2 Å². The number of pyridine rings is 1. The highest BCUT2D eigenvalue weighted by atomic mass is 19.1. The van der Waals surface area contributed by atoms with Crippen molar-refractivity contribution in [3.63, 3.8) is 0 Å². The number of aliphatic hydroxyl groups is 1. The predicted octanol–water partition coefficient (Wildman–Crippen LogP) is 5.12. The number of benzene rings is 1. The van der Waals surface area contributed by atoms with E-state index in [1.807, 2.05) is 25.1 Å². The van der Waals surface area contributed by atoms with E-state index in [9.17, 15) is 4.39 Å². The van der Waals surface area contributed by atoms with Gasteiger partial charge in [0.1, 0.15) is 5.82 Å². The largest absolute Gasteiger partial charge is 0.481 e. The van der Waals surface area contributed by atoms with Gasteiger partial charge in [0.05, 0.1) is 24.2 Å². The number of aryl methyl sites for hydroxylation is 1. The maximum atomic E-state index is 14.2. The Kier molecular flexibility index (Phi) is 9.50. The van der Waals surface area contributed by atoms with E-state index in [0.717, 1.165) is 40.9 Å². The van der Waals surface area contributed by atoms with Gasteiger partial charge < -0.3 is 20.3 Å². The molecule has 0 fully saturated rings. The summed E-state index contributed by atoms with van der Waals surface area (Å²) in [6.45, 7) is 7.08. The number of allylic oxidation sites excluding steroid dienone is 2. The summed E-state index contributed by atoms with van der Waals surface area (Å²) in [7, 11) is 3.19. The van der Waals surface area contributed by atoms with Gasteiger partial charge in [-0.3, -0.25) is 0 Å². The molecule has 8 heteroatoms. The molecule has 0 saturated carbocycles. The standard InChI is InChI=1S/C24H25FN4O.C4H10O2/c1-13(2)18-10-15(11-21-23(18)14(3)27-24(26)29-21)17-9-8-16(25)12-19(17)20-6-5-7-22(28-20)30-4;1-6-4-2-3-5/h5-9,12,15H,10-11H2,1-4H3,(H2,26,27,29);5H,2-4H2,1H3. The number of anilines is 1. The van der Waals surface area contributed by atoms with Gasteiger partial charge in [0, 0.05) is 37.5 Å². The van der Waals surface area contributed by atoms with Crippen LogP contribution in [0.2, 0.25) is 0 Å². The monoisotopic (exact) mass is 494 g/mol. The van der Waals surface area contributed by atoms with Gasteiger partial charge in [-0.2, -0.15) is 0 Å². The van der Waals surface area contributed by atoms with Crippen LogP contribution in [-0.4, -0.2) is 47.5 Å². The average molecular weight is 495 g/mol. The van der Waals surface area contributed by atoms with Crippen LogP contribution in [0.5, 0.6) is 5.88 Å². The maximum absolute atomic E-state index is 14.2. The van der Waals surface area contributed by atoms with Gasteiger partial charge >= 0.3 is 0 Å². The smallest absolute Gasteiger partial charge is 0.220 e. The summed E-state index contributed by atoms with van der Waals surface area (Å²) in [5.41, 5.74) is 13.8. The molecule has 1 unspecified atom stereocenters. The number of rotatable bonds is 6. The van der Waals surface area contributed by atoms with Crippen molar-refractivity contribution < 1.29 is 19.0 Å². The van der Waals surface area contributed by atoms with E-state index in [-0.39, 0.29) is 24.3 Å². The molecule has 2 heterocycles. The molecule has 1 aromatic carbocycles. The molecule has 7 nitrogen and oxygen atoms in total. The topological polar surface area (TPSA) is 103 Å². The lowest BCUT2D eigenvalue weighted by Crippen LogP contribution is -2.18. The number of nitrogens with zero attached hydrogens (tertiary/aromatic N) is 3. The molecule has 36 heavy (non-hydrogen) atoms. The number of methoxy groups -OCH3 is 2. The molecular weight excluding hydrogens is 459 g/mol. The van der Waals surface area contributed by atoms with Crippen LogP contribution in [0.25, 0.3) is 16.8 Å². The zero-order valence-corrected chi connectivity index (χ0v) is 21.6. The molecule has 192 valence electrons. The molecule has 1 aliphatic carbocycles. The van der Waals surface area contributed by atoms with Crippen LogP contribution in [0.15, 0.2) is 42.0 Å². The van der Waals surface area contributed by atoms with Crippen LogP contribution < -0.4 is 10.5 Å². The van der Waals surface area contributed by atoms with Gasteiger partial charge in [-0.05, 0) is 75.3 Å². The van der Waals surface area contributed by atoms with E-state index in [0.29, 0.717) is 24.6 Å². The van der Waals surface area contributed by atoms with Crippen molar-refractivity contribution in [2.45, 2.75) is 46.0 Å². The van der Waals surface area contributed by atoms with Crippen LogP contribution in [0.4, 0.5) is 10.3 Å². The Balaban J connectivity index is 0.000000538. The quantitative estimate of drug-likeness (QED) is 0.459. The van der Waals surface area contributed by atoms with Gasteiger partial charge in [0.2, 0.25) is 11.8 Å². The summed E-state index contributed by atoms with van der Waals surface area (Å²) >= 11 is 0. The highest BCUT2D eigenvalue weighted by Crippen LogP contribution is 2.44. The fourth-order valence-corrected chi connectivity index (χ4v) is 4.52. The first-order valence-corrected chi connectivity index (χ1v) is 12.0. The Labute approximate surface area is 212 Å². The van der Waals surface area contributed by atoms with Crippen LogP contribution in [0, 0.1) is 12.7 Å². The highest BCUT2D eigenvalue weighted by molar-refractivity contribution is 5.75. The molecular formula is C28H35FN4O3. The lowest BCUT2D eigenvalue weighted by atomic mass is 9.76. The number of halogens is 1. The highest BCUT2D eigenvalue weighted by Gasteiger charge is 2.29. The number of fused-ring (bicyclic) bond motifs is 1. The molecule has 4 rings (SSSR count). The molecule has 2 aromatic heterocycles. The minimum absolute atomic E-state index is 0.125. The second-order valence-corrected chi connectivity index (χ2v) is 8.94. The van der Waals surface area contributed by atoms with Crippen LogP contribution in [0.1, 0.15) is 55.1 Å². The van der Waals surface area contributed by atoms with E-state index in [4.69, 9.17) is 15.6 Å². The molecule has 3 aromatic rings. The number of ether oxygens (including phenoxy) is 2. The van der Waals surface area contributed by atoms with Crippen molar-refractivity contribution in [1.82, 2.24) is 15.0 Å². The molecule has 0 bridgehead atoms. The van der Waals surface area contributed by atoms with Crippen molar-refractivity contribution in [3.8, 4) is 17.1 Å². The van der Waals surface area contributed by atoms with Crippen molar-refractivity contribution in [2.24, 2.45) is 0 Å². The summed E-state index contributed by atoms with van der Waals surface area (Å²) in [5, 5.41) is 8.12. The Morgan fingerprint density at radius 3 is 2.53 bits per heavy atom. The van der Waals surface area contributed by atoms with Crippen LogP contribution >= 0.6 is 0 Å². The third-order valence-corrected chi connectivity index (χ3v) is 6.15. The minimum Gasteiger partial charge on any atom is -0.481 e. The summed E-state index contributed by atoms with van der Waals surface area (Å²) in [6, 6.07) is 10.4. The molecule has 0 aliphatic heterocycles. The van der Waals surface area contributed by atoms with Crippen molar-refractivity contribution in [1.29, 1.82) is 0 Å². The first-order chi connectivity index (χ1) is 17.3. The summed E-state index contributed by atoms with van der Waals surface area (Å²) < 4.78 is 24.1.